The maximum absolute atomic E-state index is 12.1. The third kappa shape index (κ3) is 3.90. The predicted molar refractivity (Wildman–Crippen MR) is 85.0 cm³/mol. The van der Waals surface area contributed by atoms with E-state index in [1.807, 2.05) is 13.8 Å². The van der Waals surface area contributed by atoms with E-state index in [0.717, 1.165) is 0 Å². The number of anilines is 2. The zero-order valence-electron chi connectivity index (χ0n) is 12.2. The van der Waals surface area contributed by atoms with Gasteiger partial charge in [-0.25, -0.2) is 4.98 Å². The van der Waals surface area contributed by atoms with Crippen LogP contribution < -0.4 is 10.2 Å². The number of hydrogen-bond donors (Lipinski definition) is 1. The van der Waals surface area contributed by atoms with Crippen LogP contribution in [0.15, 0.2) is 6.07 Å². The molecular weight excluding hydrogens is 299 g/mol. The van der Waals surface area contributed by atoms with Crippen molar-refractivity contribution < 1.29 is 4.79 Å². The molecule has 0 fully saturated rings. The summed E-state index contributed by atoms with van der Waals surface area (Å²) < 4.78 is 0. The zero-order chi connectivity index (χ0) is 15.3. The Hall–Kier alpha value is -1.20. The number of pyridine rings is 1. The molecule has 0 unspecified atom stereocenters. The molecule has 0 aliphatic rings. The minimum atomic E-state index is 0.0383. The van der Waals surface area contributed by atoms with Gasteiger partial charge in [0.05, 0.1) is 16.6 Å². The number of amides is 1. The van der Waals surface area contributed by atoms with Crippen LogP contribution >= 0.6 is 23.2 Å². The first-order valence-corrected chi connectivity index (χ1v) is 7.22. The first-order chi connectivity index (χ1) is 9.44. The monoisotopic (exact) mass is 318 g/mol. The third-order valence-electron chi connectivity index (χ3n) is 3.00. The highest BCUT2D eigenvalue weighted by Gasteiger charge is 2.17. The van der Waals surface area contributed by atoms with Crippen LogP contribution in [0.1, 0.15) is 13.8 Å². The Morgan fingerprint density at radius 2 is 1.90 bits per heavy atom. The Bertz CT molecular complexity index is 478. The van der Waals surface area contributed by atoms with Crippen molar-refractivity contribution in [3.8, 4) is 0 Å². The Kier molecular flexibility index (Phi) is 6.36. The fraction of sp³-hybridized carbons (Fsp3) is 0.538. The molecule has 112 valence electrons. The average molecular weight is 319 g/mol. The van der Waals surface area contributed by atoms with Crippen molar-refractivity contribution in [2.24, 2.45) is 0 Å². The van der Waals surface area contributed by atoms with Gasteiger partial charge in [-0.05, 0) is 19.9 Å². The molecule has 1 heterocycles. The van der Waals surface area contributed by atoms with Gasteiger partial charge in [0.2, 0.25) is 5.91 Å². The van der Waals surface area contributed by atoms with Gasteiger partial charge < -0.3 is 15.1 Å². The number of carbonyl (C=O) groups excluding carboxylic acids is 1. The topological polar surface area (TPSA) is 48.5 Å². The van der Waals surface area contributed by atoms with Crippen molar-refractivity contribution >= 4 is 40.7 Å². The molecule has 0 saturated heterocycles. The van der Waals surface area contributed by atoms with E-state index in [0.29, 0.717) is 34.8 Å². The summed E-state index contributed by atoms with van der Waals surface area (Å²) in [6.07, 6.45) is 0. The molecular formula is C13H20Cl2N4O. The SMILES string of the molecule is CCN(CC)C(=O)CN(C)c1nc(NC)c(Cl)cc1Cl. The Morgan fingerprint density at radius 1 is 1.30 bits per heavy atom. The van der Waals surface area contributed by atoms with Gasteiger partial charge in [0.15, 0.2) is 0 Å². The van der Waals surface area contributed by atoms with Crippen LogP contribution in [0.5, 0.6) is 0 Å². The van der Waals surface area contributed by atoms with Crippen LogP contribution in [0.25, 0.3) is 0 Å². The van der Waals surface area contributed by atoms with E-state index in [-0.39, 0.29) is 12.5 Å². The highest BCUT2D eigenvalue weighted by molar-refractivity contribution is 6.37. The molecule has 7 heteroatoms. The molecule has 5 nitrogen and oxygen atoms in total. The minimum absolute atomic E-state index is 0.0383. The van der Waals surface area contributed by atoms with Gasteiger partial charge in [0, 0.05) is 27.2 Å². The zero-order valence-corrected chi connectivity index (χ0v) is 13.7. The number of nitrogens with zero attached hydrogens (tertiary/aromatic N) is 3. The molecule has 1 aromatic rings. The normalized spacial score (nSPS) is 10.3. The quantitative estimate of drug-likeness (QED) is 0.876. The molecule has 20 heavy (non-hydrogen) atoms. The largest absolute Gasteiger partial charge is 0.372 e. The van der Waals surface area contributed by atoms with Crippen molar-refractivity contribution in [2.45, 2.75) is 13.8 Å². The summed E-state index contributed by atoms with van der Waals surface area (Å²) in [6.45, 7) is 5.50. The van der Waals surface area contributed by atoms with E-state index in [4.69, 9.17) is 23.2 Å². The van der Waals surface area contributed by atoms with Crippen LogP contribution in [0.3, 0.4) is 0 Å². The summed E-state index contributed by atoms with van der Waals surface area (Å²) in [6, 6.07) is 1.62. The van der Waals surface area contributed by atoms with Crippen LogP contribution in [0.4, 0.5) is 11.6 Å². The number of likely N-dealkylation sites (N-methyl/N-ethyl adjacent to an activating group) is 2. The molecule has 0 bridgehead atoms. The molecule has 1 amide bonds. The standard InChI is InChI=1S/C13H20Cl2N4O/c1-5-19(6-2)11(20)8-18(4)13-10(15)7-9(14)12(16-3)17-13/h7H,5-6,8H2,1-4H3,(H,16,17). The lowest BCUT2D eigenvalue weighted by molar-refractivity contribution is -0.129. The first-order valence-electron chi connectivity index (χ1n) is 6.47. The number of aromatic nitrogens is 1. The molecule has 0 atom stereocenters. The molecule has 0 radical (unpaired) electrons. The molecule has 0 spiro atoms. The summed E-state index contributed by atoms with van der Waals surface area (Å²) in [7, 11) is 3.51. The van der Waals surface area contributed by atoms with Gasteiger partial charge in [0.1, 0.15) is 11.6 Å². The van der Waals surface area contributed by atoms with Crippen molar-refractivity contribution in [2.75, 3.05) is 43.9 Å². The first kappa shape index (κ1) is 16.9. The van der Waals surface area contributed by atoms with Gasteiger partial charge in [-0.15, -0.1) is 0 Å². The maximum atomic E-state index is 12.1. The van der Waals surface area contributed by atoms with E-state index >= 15 is 0 Å². The van der Waals surface area contributed by atoms with E-state index in [1.54, 1.807) is 30.0 Å². The van der Waals surface area contributed by atoms with Crippen molar-refractivity contribution in [3.63, 3.8) is 0 Å². The summed E-state index contributed by atoms with van der Waals surface area (Å²) in [5.41, 5.74) is 0. The molecule has 0 aliphatic carbocycles. The second kappa shape index (κ2) is 7.55. The maximum Gasteiger partial charge on any atom is 0.242 e. The summed E-state index contributed by atoms with van der Waals surface area (Å²) in [5, 5.41) is 3.76. The summed E-state index contributed by atoms with van der Waals surface area (Å²) >= 11 is 12.1. The Morgan fingerprint density at radius 3 is 2.40 bits per heavy atom. The van der Waals surface area contributed by atoms with Gasteiger partial charge in [-0.3, -0.25) is 4.79 Å². The number of halogens is 2. The van der Waals surface area contributed by atoms with Crippen molar-refractivity contribution in [3.05, 3.63) is 16.1 Å². The molecule has 0 aliphatic heterocycles. The smallest absolute Gasteiger partial charge is 0.242 e. The number of nitrogens with one attached hydrogen (secondary N) is 1. The van der Waals surface area contributed by atoms with Crippen LogP contribution in [0.2, 0.25) is 10.0 Å². The fourth-order valence-electron chi connectivity index (χ4n) is 1.85. The lowest BCUT2D eigenvalue weighted by atomic mass is 10.3. The van der Waals surface area contributed by atoms with E-state index in [1.165, 1.54) is 0 Å². The molecule has 1 rings (SSSR count). The van der Waals surface area contributed by atoms with Crippen LogP contribution in [-0.2, 0) is 4.79 Å². The fourth-order valence-corrected chi connectivity index (χ4v) is 2.45. The number of rotatable bonds is 6. The Balaban J connectivity index is 2.92. The Labute approximate surface area is 129 Å². The van der Waals surface area contributed by atoms with Gasteiger partial charge in [-0.1, -0.05) is 23.2 Å². The third-order valence-corrected chi connectivity index (χ3v) is 3.56. The second-order valence-electron chi connectivity index (χ2n) is 4.30. The molecule has 1 N–H and O–H groups in total. The highest BCUT2D eigenvalue weighted by Crippen LogP contribution is 2.30. The predicted octanol–water partition coefficient (Wildman–Crippen LogP) is 2.73. The van der Waals surface area contributed by atoms with E-state index in [9.17, 15) is 4.79 Å². The molecule has 0 aromatic carbocycles. The van der Waals surface area contributed by atoms with E-state index in [2.05, 4.69) is 10.3 Å². The molecule has 0 saturated carbocycles. The number of hydrogen-bond acceptors (Lipinski definition) is 4. The summed E-state index contributed by atoms with van der Waals surface area (Å²) in [5.74, 6) is 1.10. The molecule has 1 aromatic heterocycles. The average Bonchev–Trinajstić information content (AvgIpc) is 2.40. The lowest BCUT2D eigenvalue weighted by Crippen LogP contribution is -2.39. The minimum Gasteiger partial charge on any atom is -0.372 e. The second-order valence-corrected chi connectivity index (χ2v) is 5.11. The highest BCUT2D eigenvalue weighted by atomic mass is 35.5. The van der Waals surface area contributed by atoms with E-state index < -0.39 is 0 Å². The van der Waals surface area contributed by atoms with Crippen molar-refractivity contribution in [1.82, 2.24) is 9.88 Å². The lowest BCUT2D eigenvalue weighted by Gasteiger charge is -2.24. The van der Waals surface area contributed by atoms with Gasteiger partial charge in [0.25, 0.3) is 0 Å². The van der Waals surface area contributed by atoms with Crippen LogP contribution in [-0.4, -0.2) is 49.5 Å². The van der Waals surface area contributed by atoms with Gasteiger partial charge >= 0.3 is 0 Å². The summed E-state index contributed by atoms with van der Waals surface area (Å²) in [4.78, 5) is 19.9. The van der Waals surface area contributed by atoms with Crippen LogP contribution in [0, 0.1) is 0 Å². The van der Waals surface area contributed by atoms with Gasteiger partial charge in [-0.2, -0.15) is 0 Å². The number of carbonyl (C=O) groups is 1. The van der Waals surface area contributed by atoms with Crippen molar-refractivity contribution in [1.29, 1.82) is 0 Å².